The summed E-state index contributed by atoms with van der Waals surface area (Å²) in [4.78, 5) is 22.4. The highest BCUT2D eigenvalue weighted by atomic mass is 35.5. The van der Waals surface area contributed by atoms with Gasteiger partial charge in [-0.05, 0) is 49.1 Å². The Bertz CT molecular complexity index is 1090. The quantitative estimate of drug-likeness (QED) is 0.469. The fourth-order valence-corrected chi connectivity index (χ4v) is 6.65. The minimum Gasteiger partial charge on any atom is -0.379 e. The molecule has 2 aromatic carbocycles. The van der Waals surface area contributed by atoms with Crippen LogP contribution in [0.2, 0.25) is 5.02 Å². The molecule has 3 saturated heterocycles. The Morgan fingerprint density at radius 1 is 0.950 bits per heavy atom. The minimum atomic E-state index is -0.152. The van der Waals surface area contributed by atoms with Crippen LogP contribution in [0, 0.1) is 11.7 Å². The number of carbonyl (C=O) groups excluding carboxylic acids is 1. The molecule has 0 radical (unpaired) electrons. The highest BCUT2D eigenvalue weighted by molar-refractivity contribution is 6.31. The average Bonchev–Trinajstić information content (AvgIpc) is 2.98. The molecule has 0 aromatic heterocycles. The van der Waals surface area contributed by atoms with Crippen molar-refractivity contribution in [2.75, 3.05) is 83.6 Å². The van der Waals surface area contributed by atoms with E-state index in [1.165, 1.54) is 0 Å². The molecule has 0 aliphatic carbocycles. The molecule has 0 saturated carbocycles. The second-order valence-electron chi connectivity index (χ2n) is 11.3. The van der Waals surface area contributed by atoms with E-state index in [0.717, 1.165) is 102 Å². The topological polar surface area (TPSA) is 51.3 Å². The Balaban J connectivity index is 1.17. The molecule has 3 aliphatic rings. The predicted octanol–water partition coefficient (Wildman–Crippen LogP) is 3.72. The van der Waals surface area contributed by atoms with Gasteiger partial charge in [-0.3, -0.25) is 19.5 Å². The van der Waals surface area contributed by atoms with Gasteiger partial charge in [0.1, 0.15) is 5.82 Å². The Labute approximate surface area is 243 Å². The van der Waals surface area contributed by atoms with Crippen LogP contribution in [-0.2, 0) is 16.1 Å². The van der Waals surface area contributed by atoms with Crippen molar-refractivity contribution in [2.24, 2.45) is 5.92 Å². The van der Waals surface area contributed by atoms with Crippen molar-refractivity contribution in [3.05, 3.63) is 64.9 Å². The van der Waals surface area contributed by atoms with E-state index in [4.69, 9.17) is 16.3 Å². The monoisotopic (exact) mass is 571 g/mol. The number of para-hydroxylation sites is 1. The second-order valence-corrected chi connectivity index (χ2v) is 11.7. The van der Waals surface area contributed by atoms with Gasteiger partial charge in [0.2, 0.25) is 5.91 Å². The van der Waals surface area contributed by atoms with E-state index in [9.17, 15) is 9.18 Å². The summed E-state index contributed by atoms with van der Waals surface area (Å²) < 4.78 is 19.8. The summed E-state index contributed by atoms with van der Waals surface area (Å²) >= 11 is 6.48. The van der Waals surface area contributed by atoms with Crippen LogP contribution in [0.4, 0.5) is 10.1 Å². The molecule has 5 rings (SSSR count). The van der Waals surface area contributed by atoms with Crippen LogP contribution in [0.5, 0.6) is 0 Å². The van der Waals surface area contributed by atoms with Gasteiger partial charge in [-0.1, -0.05) is 41.9 Å². The molecule has 2 atom stereocenters. The highest BCUT2D eigenvalue weighted by Crippen LogP contribution is 2.30. The highest BCUT2D eigenvalue weighted by Gasteiger charge is 2.35. The minimum absolute atomic E-state index is 0.139. The number of piperidine rings is 1. The summed E-state index contributed by atoms with van der Waals surface area (Å²) in [6, 6.07) is 15.6. The summed E-state index contributed by atoms with van der Waals surface area (Å²) in [6.07, 6.45) is 2.47. The van der Waals surface area contributed by atoms with E-state index in [-0.39, 0.29) is 11.7 Å². The Morgan fingerprint density at radius 2 is 1.70 bits per heavy atom. The maximum Gasteiger partial charge on any atom is 0.220 e. The van der Waals surface area contributed by atoms with Crippen molar-refractivity contribution in [3.8, 4) is 0 Å². The number of hydrogen-bond donors (Lipinski definition) is 1. The molecule has 3 aliphatic heterocycles. The number of carbonyl (C=O) groups is 1. The van der Waals surface area contributed by atoms with Gasteiger partial charge in [-0.25, -0.2) is 4.39 Å². The maximum atomic E-state index is 14.4. The Morgan fingerprint density at radius 3 is 2.48 bits per heavy atom. The first kappa shape index (κ1) is 29.3. The molecule has 40 heavy (non-hydrogen) atoms. The molecule has 1 amide bonds. The van der Waals surface area contributed by atoms with Crippen LogP contribution in [0.25, 0.3) is 0 Å². The molecular weight excluding hydrogens is 529 g/mol. The van der Waals surface area contributed by atoms with Crippen molar-refractivity contribution in [3.63, 3.8) is 0 Å². The number of anilines is 1. The number of hydrogen-bond acceptors (Lipinski definition) is 6. The van der Waals surface area contributed by atoms with Crippen LogP contribution in [0.1, 0.15) is 24.8 Å². The first-order valence-corrected chi connectivity index (χ1v) is 15.2. The first-order valence-electron chi connectivity index (χ1n) is 14.8. The number of benzene rings is 2. The van der Waals surface area contributed by atoms with Crippen molar-refractivity contribution >= 4 is 23.2 Å². The van der Waals surface area contributed by atoms with Crippen LogP contribution >= 0.6 is 11.6 Å². The number of piperazine rings is 1. The normalized spacial score (nSPS) is 23.3. The van der Waals surface area contributed by atoms with Gasteiger partial charge in [0.25, 0.3) is 0 Å². The van der Waals surface area contributed by atoms with Gasteiger partial charge in [-0.15, -0.1) is 0 Å². The summed E-state index contributed by atoms with van der Waals surface area (Å²) in [5, 5.41) is 3.95. The fraction of sp³-hybridized carbons (Fsp3) is 0.581. The zero-order valence-electron chi connectivity index (χ0n) is 23.4. The van der Waals surface area contributed by atoms with Crippen LogP contribution in [0.15, 0.2) is 48.5 Å². The zero-order valence-corrected chi connectivity index (χ0v) is 24.2. The van der Waals surface area contributed by atoms with Gasteiger partial charge in [0.05, 0.1) is 18.9 Å². The van der Waals surface area contributed by atoms with Gasteiger partial charge in [0, 0.05) is 82.9 Å². The summed E-state index contributed by atoms with van der Waals surface area (Å²) in [7, 11) is 0. The number of nitrogens with zero attached hydrogens (tertiary/aromatic N) is 4. The van der Waals surface area contributed by atoms with Crippen molar-refractivity contribution in [2.45, 2.75) is 31.8 Å². The molecule has 1 N–H and O–H groups in total. The van der Waals surface area contributed by atoms with Gasteiger partial charge in [0.15, 0.2) is 0 Å². The standard InChI is InChI=1S/C31H43ClFN5O2/c32-27-6-2-1-5-25(27)23-36-13-11-29(37-15-17-38(18-16-37)30-8-4-3-7-28(30)33)26(24-36)9-10-31(39)34-12-14-35-19-21-40-22-20-35/h1-8,26,29H,9-24H2,(H,34,39)/t26-,29+/m0/s1. The van der Waals surface area contributed by atoms with Crippen LogP contribution < -0.4 is 10.2 Å². The molecule has 218 valence electrons. The Hall–Kier alpha value is -2.23. The van der Waals surface area contributed by atoms with E-state index in [1.54, 1.807) is 12.1 Å². The summed E-state index contributed by atoms with van der Waals surface area (Å²) in [6.45, 7) is 11.2. The van der Waals surface area contributed by atoms with Crippen LogP contribution in [-0.4, -0.2) is 105 Å². The lowest BCUT2D eigenvalue weighted by molar-refractivity contribution is -0.121. The van der Waals surface area contributed by atoms with E-state index < -0.39 is 0 Å². The third-order valence-corrected chi connectivity index (χ3v) is 9.07. The molecule has 3 fully saturated rings. The molecule has 9 heteroatoms. The lowest BCUT2D eigenvalue weighted by Crippen LogP contribution is -2.57. The Kier molecular flexibility index (Phi) is 10.7. The van der Waals surface area contributed by atoms with Gasteiger partial charge < -0.3 is 15.0 Å². The average molecular weight is 572 g/mol. The number of halogens is 2. The largest absolute Gasteiger partial charge is 0.379 e. The summed E-state index contributed by atoms with van der Waals surface area (Å²) in [5.74, 6) is 0.377. The zero-order chi connectivity index (χ0) is 27.7. The summed E-state index contributed by atoms with van der Waals surface area (Å²) in [5.41, 5.74) is 1.85. The molecular formula is C31H43ClFN5O2. The number of nitrogens with one attached hydrogen (secondary N) is 1. The lowest BCUT2D eigenvalue weighted by Gasteiger charge is -2.47. The number of morpholine rings is 1. The third-order valence-electron chi connectivity index (χ3n) is 8.70. The molecule has 3 heterocycles. The van der Waals surface area contributed by atoms with Crippen molar-refractivity contribution in [1.29, 1.82) is 0 Å². The van der Waals surface area contributed by atoms with E-state index in [0.29, 0.717) is 30.6 Å². The van der Waals surface area contributed by atoms with E-state index >= 15 is 0 Å². The lowest BCUT2D eigenvalue weighted by atomic mass is 9.86. The maximum absolute atomic E-state index is 14.4. The molecule has 2 aromatic rings. The number of likely N-dealkylation sites (tertiary alicyclic amines) is 1. The SMILES string of the molecule is O=C(CC[C@H]1CN(Cc2ccccc2Cl)CC[C@H]1N1CCN(c2ccccc2F)CC1)NCCN1CCOCC1. The van der Waals surface area contributed by atoms with Crippen LogP contribution in [0.3, 0.4) is 0 Å². The fourth-order valence-electron chi connectivity index (χ4n) is 6.46. The number of amides is 1. The van der Waals surface area contributed by atoms with Gasteiger partial charge >= 0.3 is 0 Å². The van der Waals surface area contributed by atoms with E-state index in [2.05, 4.69) is 31.0 Å². The molecule has 7 nitrogen and oxygen atoms in total. The number of rotatable bonds is 10. The first-order chi connectivity index (χ1) is 19.6. The number of ether oxygens (including phenoxy) is 1. The molecule has 0 unspecified atom stereocenters. The predicted molar refractivity (Wildman–Crippen MR) is 158 cm³/mol. The second kappa shape index (κ2) is 14.6. The van der Waals surface area contributed by atoms with Crippen molar-refractivity contribution in [1.82, 2.24) is 20.0 Å². The van der Waals surface area contributed by atoms with Gasteiger partial charge in [-0.2, -0.15) is 0 Å². The molecule has 0 spiro atoms. The van der Waals surface area contributed by atoms with E-state index in [1.807, 2.05) is 30.3 Å². The van der Waals surface area contributed by atoms with Crippen molar-refractivity contribution < 1.29 is 13.9 Å². The third kappa shape index (κ3) is 7.95. The molecule has 0 bridgehead atoms. The smallest absolute Gasteiger partial charge is 0.220 e.